The maximum absolute atomic E-state index is 11.2. The van der Waals surface area contributed by atoms with Crippen LogP contribution in [0.3, 0.4) is 0 Å². The third-order valence-electron chi connectivity index (χ3n) is 2.10. The average molecular weight is 201 g/mol. The van der Waals surface area contributed by atoms with E-state index in [4.69, 9.17) is 23.2 Å². The van der Waals surface area contributed by atoms with Gasteiger partial charge in [0.2, 0.25) is 0 Å². The maximum atomic E-state index is 11.2. The van der Waals surface area contributed by atoms with E-state index in [2.05, 4.69) is 0 Å². The van der Waals surface area contributed by atoms with E-state index in [0.717, 1.165) is 17.5 Å². The van der Waals surface area contributed by atoms with Crippen molar-refractivity contribution in [2.75, 3.05) is 0 Å². The van der Waals surface area contributed by atoms with Gasteiger partial charge in [-0.1, -0.05) is 23.2 Å². The average Bonchev–Trinajstić information content (AvgIpc) is 2.41. The van der Waals surface area contributed by atoms with Crippen molar-refractivity contribution < 1.29 is 4.79 Å². The molecule has 0 heterocycles. The summed E-state index contributed by atoms with van der Waals surface area (Å²) in [5.41, 5.74) is 1.65. The molecule has 0 fully saturated rings. The lowest BCUT2D eigenvalue weighted by molar-refractivity contribution is 0.0994. The van der Waals surface area contributed by atoms with Crippen LogP contribution in [0.15, 0.2) is 12.1 Å². The van der Waals surface area contributed by atoms with Crippen LogP contribution in [0.2, 0.25) is 10.0 Å². The summed E-state index contributed by atoms with van der Waals surface area (Å²) in [7, 11) is 0. The predicted molar refractivity (Wildman–Crippen MR) is 49.1 cm³/mol. The highest BCUT2D eigenvalue weighted by Crippen LogP contribution is 2.33. The summed E-state index contributed by atoms with van der Waals surface area (Å²) in [5, 5.41) is 1.07. The Hall–Kier alpha value is -0.530. The molecule has 62 valence electrons. The van der Waals surface area contributed by atoms with Gasteiger partial charge in [0.1, 0.15) is 0 Å². The van der Waals surface area contributed by atoms with E-state index in [9.17, 15) is 4.79 Å². The minimum absolute atomic E-state index is 0.170. The van der Waals surface area contributed by atoms with Crippen molar-refractivity contribution in [3.05, 3.63) is 33.3 Å². The minimum Gasteiger partial charge on any atom is -0.294 e. The van der Waals surface area contributed by atoms with Gasteiger partial charge in [0, 0.05) is 12.0 Å². The van der Waals surface area contributed by atoms with Gasteiger partial charge in [-0.05, 0) is 24.1 Å². The number of rotatable bonds is 0. The summed E-state index contributed by atoms with van der Waals surface area (Å²) in [5.74, 6) is 0.170. The number of fused-ring (bicyclic) bond motifs is 1. The normalized spacial score (nSPS) is 15.0. The monoisotopic (exact) mass is 200 g/mol. The molecule has 1 aliphatic carbocycles. The second-order valence-corrected chi connectivity index (χ2v) is 3.60. The smallest absolute Gasteiger partial charge is 0.163 e. The highest BCUT2D eigenvalue weighted by Gasteiger charge is 2.22. The van der Waals surface area contributed by atoms with Gasteiger partial charge in [-0.25, -0.2) is 0 Å². The number of halogens is 2. The molecule has 1 aromatic rings. The fourth-order valence-electron chi connectivity index (χ4n) is 1.47. The fourth-order valence-corrected chi connectivity index (χ4v) is 1.91. The molecule has 12 heavy (non-hydrogen) atoms. The van der Waals surface area contributed by atoms with Gasteiger partial charge in [0.25, 0.3) is 0 Å². The van der Waals surface area contributed by atoms with E-state index >= 15 is 0 Å². The number of hydrogen-bond acceptors (Lipinski definition) is 1. The fraction of sp³-hybridized carbons (Fsp3) is 0.222. The molecule has 0 N–H and O–H groups in total. The first kappa shape index (κ1) is 8.09. The van der Waals surface area contributed by atoms with Crippen LogP contribution in [-0.4, -0.2) is 5.78 Å². The van der Waals surface area contributed by atoms with E-state index in [1.165, 1.54) is 0 Å². The van der Waals surface area contributed by atoms with Gasteiger partial charge in [0.05, 0.1) is 10.0 Å². The molecule has 0 saturated heterocycles. The van der Waals surface area contributed by atoms with Crippen molar-refractivity contribution in [1.82, 2.24) is 0 Å². The number of carbonyl (C=O) groups is 1. The number of Topliss-reactive ketones (excluding diaryl/α,β-unsaturated/α-hetero) is 1. The van der Waals surface area contributed by atoms with Gasteiger partial charge < -0.3 is 0 Å². The Morgan fingerprint density at radius 1 is 1.17 bits per heavy atom. The van der Waals surface area contributed by atoms with E-state index in [1.807, 2.05) is 0 Å². The standard InChI is InChI=1S/C9H6Cl2O/c10-7-3-1-5-6(9(7)11)2-4-8(5)12/h1,3H,2,4H2. The quantitative estimate of drug-likeness (QED) is 0.630. The Labute approximate surface area is 80.3 Å². The minimum atomic E-state index is 0.170. The van der Waals surface area contributed by atoms with Crippen LogP contribution in [0.4, 0.5) is 0 Å². The zero-order chi connectivity index (χ0) is 8.72. The highest BCUT2D eigenvalue weighted by molar-refractivity contribution is 6.43. The Kier molecular flexibility index (Phi) is 1.85. The lowest BCUT2D eigenvalue weighted by Crippen LogP contribution is -1.90. The number of hydrogen-bond donors (Lipinski definition) is 0. The second kappa shape index (κ2) is 2.75. The molecule has 1 aromatic carbocycles. The first-order chi connectivity index (χ1) is 5.70. The molecule has 0 bridgehead atoms. The van der Waals surface area contributed by atoms with Crippen molar-refractivity contribution in [3.8, 4) is 0 Å². The molecule has 0 radical (unpaired) electrons. The third-order valence-corrected chi connectivity index (χ3v) is 2.94. The topological polar surface area (TPSA) is 17.1 Å². The van der Waals surface area contributed by atoms with Crippen LogP contribution in [-0.2, 0) is 6.42 Å². The summed E-state index contributed by atoms with van der Waals surface area (Å²) in [4.78, 5) is 11.2. The van der Waals surface area contributed by atoms with Crippen LogP contribution in [0, 0.1) is 0 Å². The Morgan fingerprint density at radius 2 is 1.92 bits per heavy atom. The van der Waals surface area contributed by atoms with E-state index in [0.29, 0.717) is 16.5 Å². The zero-order valence-electron chi connectivity index (χ0n) is 6.23. The summed E-state index contributed by atoms with van der Waals surface area (Å²) in [6, 6.07) is 3.42. The van der Waals surface area contributed by atoms with Gasteiger partial charge in [0.15, 0.2) is 5.78 Å². The van der Waals surface area contributed by atoms with Crippen molar-refractivity contribution >= 4 is 29.0 Å². The molecule has 0 spiro atoms. The number of benzene rings is 1. The van der Waals surface area contributed by atoms with Gasteiger partial charge in [-0.2, -0.15) is 0 Å². The predicted octanol–water partition coefficient (Wildman–Crippen LogP) is 3.12. The van der Waals surface area contributed by atoms with Gasteiger partial charge >= 0.3 is 0 Å². The molecule has 0 aliphatic heterocycles. The zero-order valence-corrected chi connectivity index (χ0v) is 7.74. The van der Waals surface area contributed by atoms with Gasteiger partial charge in [-0.15, -0.1) is 0 Å². The van der Waals surface area contributed by atoms with Crippen LogP contribution in [0.5, 0.6) is 0 Å². The van der Waals surface area contributed by atoms with Crippen LogP contribution >= 0.6 is 23.2 Å². The van der Waals surface area contributed by atoms with Crippen LogP contribution in [0.25, 0.3) is 0 Å². The van der Waals surface area contributed by atoms with Crippen molar-refractivity contribution in [2.45, 2.75) is 12.8 Å². The molecule has 2 rings (SSSR count). The third kappa shape index (κ3) is 1.05. The highest BCUT2D eigenvalue weighted by atomic mass is 35.5. The van der Waals surface area contributed by atoms with Crippen LogP contribution in [0.1, 0.15) is 22.3 Å². The number of ketones is 1. The van der Waals surface area contributed by atoms with Crippen molar-refractivity contribution in [1.29, 1.82) is 0 Å². The van der Waals surface area contributed by atoms with Crippen LogP contribution < -0.4 is 0 Å². The van der Waals surface area contributed by atoms with E-state index in [1.54, 1.807) is 12.1 Å². The molecule has 0 unspecified atom stereocenters. The summed E-state index contributed by atoms with van der Waals surface area (Å²) in [6.45, 7) is 0. The lowest BCUT2D eigenvalue weighted by Gasteiger charge is -2.01. The molecule has 0 atom stereocenters. The summed E-state index contributed by atoms with van der Waals surface area (Å²) < 4.78 is 0. The second-order valence-electron chi connectivity index (χ2n) is 2.81. The Morgan fingerprint density at radius 3 is 2.67 bits per heavy atom. The lowest BCUT2D eigenvalue weighted by atomic mass is 10.1. The molecule has 1 aliphatic rings. The van der Waals surface area contributed by atoms with Crippen molar-refractivity contribution in [3.63, 3.8) is 0 Å². The molecule has 1 nitrogen and oxygen atoms in total. The van der Waals surface area contributed by atoms with Crippen molar-refractivity contribution in [2.24, 2.45) is 0 Å². The van der Waals surface area contributed by atoms with E-state index < -0.39 is 0 Å². The SMILES string of the molecule is O=C1CCc2c1ccc(Cl)c2Cl. The Bertz CT molecular complexity index is 358. The molecule has 0 saturated carbocycles. The first-order valence-corrected chi connectivity index (χ1v) is 4.46. The molecule has 0 amide bonds. The molecular weight excluding hydrogens is 195 g/mol. The number of carbonyl (C=O) groups excluding carboxylic acids is 1. The summed E-state index contributed by atoms with van der Waals surface area (Å²) >= 11 is 11.7. The molecular formula is C9H6Cl2O. The summed E-state index contributed by atoms with van der Waals surface area (Å²) in [6.07, 6.45) is 1.29. The molecule has 0 aromatic heterocycles. The van der Waals surface area contributed by atoms with E-state index in [-0.39, 0.29) is 5.78 Å². The first-order valence-electron chi connectivity index (χ1n) is 3.70. The molecule has 3 heteroatoms. The largest absolute Gasteiger partial charge is 0.294 e. The maximum Gasteiger partial charge on any atom is 0.163 e. The Balaban J connectivity index is 2.68. The van der Waals surface area contributed by atoms with Gasteiger partial charge in [-0.3, -0.25) is 4.79 Å².